The molecule has 2 amide bonds. The molecular weight excluding hydrogens is 500 g/mol. The summed E-state index contributed by atoms with van der Waals surface area (Å²) in [5, 5.41) is 15.8. The Morgan fingerprint density at radius 3 is 2.49 bits per heavy atom. The van der Waals surface area contributed by atoms with E-state index in [0.717, 1.165) is 5.56 Å². The van der Waals surface area contributed by atoms with Gasteiger partial charge in [-0.1, -0.05) is 32.9 Å². The van der Waals surface area contributed by atoms with Gasteiger partial charge in [0.25, 0.3) is 0 Å². The molecule has 208 valence electrons. The van der Waals surface area contributed by atoms with E-state index < -0.39 is 23.2 Å². The lowest BCUT2D eigenvalue weighted by Crippen LogP contribution is -2.52. The minimum atomic E-state index is -0.745. The molecule has 4 unspecified atom stereocenters. The molecule has 1 fully saturated rings. The van der Waals surface area contributed by atoms with Crippen LogP contribution in [0.4, 0.5) is 0 Å². The third-order valence-corrected chi connectivity index (χ3v) is 7.32. The van der Waals surface area contributed by atoms with Crippen molar-refractivity contribution < 1.29 is 38.4 Å². The smallest absolute Gasteiger partial charge is 0.305 e. The highest BCUT2D eigenvalue weighted by atomic mass is 32.2. The van der Waals surface area contributed by atoms with Crippen molar-refractivity contribution in [3.8, 4) is 5.75 Å². The molecule has 1 saturated heterocycles. The number of methoxy groups -OCH3 is 2. The van der Waals surface area contributed by atoms with E-state index in [9.17, 15) is 19.5 Å². The van der Waals surface area contributed by atoms with Crippen molar-refractivity contribution in [1.29, 1.82) is 0 Å². The van der Waals surface area contributed by atoms with Gasteiger partial charge < -0.3 is 34.7 Å². The summed E-state index contributed by atoms with van der Waals surface area (Å²) in [7, 11) is 2.91. The van der Waals surface area contributed by atoms with E-state index in [1.54, 1.807) is 19.2 Å². The second-order valence-electron chi connectivity index (χ2n) is 9.52. The molecule has 37 heavy (non-hydrogen) atoms. The summed E-state index contributed by atoms with van der Waals surface area (Å²) in [5.41, 5.74) is -0.478. The highest BCUT2D eigenvalue weighted by molar-refractivity contribution is 7.99. The first-order valence-electron chi connectivity index (χ1n) is 12.4. The molecule has 1 heterocycles. The maximum Gasteiger partial charge on any atom is 0.305 e. The highest BCUT2D eigenvalue weighted by Gasteiger charge is 2.43. The van der Waals surface area contributed by atoms with Gasteiger partial charge in [0, 0.05) is 42.2 Å². The van der Waals surface area contributed by atoms with Crippen molar-refractivity contribution in [3.05, 3.63) is 29.8 Å². The van der Waals surface area contributed by atoms with E-state index >= 15 is 0 Å². The Labute approximate surface area is 223 Å². The molecule has 1 aromatic carbocycles. The van der Waals surface area contributed by atoms with Crippen LogP contribution in [0.5, 0.6) is 5.75 Å². The second-order valence-corrected chi connectivity index (χ2v) is 10.7. The van der Waals surface area contributed by atoms with Crippen molar-refractivity contribution >= 4 is 29.5 Å². The van der Waals surface area contributed by atoms with E-state index in [4.69, 9.17) is 14.2 Å². The number of amides is 2. The monoisotopic (exact) mass is 540 g/mol. The van der Waals surface area contributed by atoms with E-state index in [1.807, 2.05) is 32.9 Å². The molecule has 0 saturated carbocycles. The maximum absolute atomic E-state index is 12.9. The minimum absolute atomic E-state index is 0.116. The van der Waals surface area contributed by atoms with E-state index in [2.05, 4.69) is 15.4 Å². The molecule has 10 nitrogen and oxygen atoms in total. The van der Waals surface area contributed by atoms with Gasteiger partial charge in [0.15, 0.2) is 6.29 Å². The van der Waals surface area contributed by atoms with Crippen LogP contribution in [0, 0.1) is 11.3 Å². The number of rotatable bonds is 14. The summed E-state index contributed by atoms with van der Waals surface area (Å²) in [4.78, 5) is 36.5. The fraction of sp³-hybridized carbons (Fsp3) is 0.654. The third kappa shape index (κ3) is 9.81. The van der Waals surface area contributed by atoms with Crippen LogP contribution in [-0.4, -0.2) is 74.1 Å². The van der Waals surface area contributed by atoms with Crippen LogP contribution in [-0.2, 0) is 28.6 Å². The van der Waals surface area contributed by atoms with Gasteiger partial charge in [-0.25, -0.2) is 0 Å². The van der Waals surface area contributed by atoms with Crippen LogP contribution in [0.15, 0.2) is 24.3 Å². The van der Waals surface area contributed by atoms with Gasteiger partial charge in [0.05, 0.1) is 27.2 Å². The number of benzene rings is 1. The van der Waals surface area contributed by atoms with Gasteiger partial charge in [-0.3, -0.25) is 14.4 Å². The molecule has 3 N–H and O–H groups in total. The number of aliphatic hydroxyl groups excluding tert-OH is 1. The quantitative estimate of drug-likeness (QED) is 0.185. The zero-order valence-corrected chi connectivity index (χ0v) is 23.1. The summed E-state index contributed by atoms with van der Waals surface area (Å²) in [6.45, 7) is 6.57. The largest absolute Gasteiger partial charge is 0.497 e. The van der Waals surface area contributed by atoms with Gasteiger partial charge in [-0.05, 0) is 18.6 Å². The number of esters is 1. The molecule has 1 aromatic rings. The fourth-order valence-electron chi connectivity index (χ4n) is 3.80. The van der Waals surface area contributed by atoms with Crippen LogP contribution < -0.4 is 15.4 Å². The number of hydrogen-bond donors (Lipinski definition) is 3. The molecule has 2 rings (SSSR count). The fourth-order valence-corrected chi connectivity index (χ4v) is 4.82. The normalized spacial score (nSPS) is 20.4. The topological polar surface area (TPSA) is 132 Å². The van der Waals surface area contributed by atoms with E-state index in [0.29, 0.717) is 31.1 Å². The maximum atomic E-state index is 12.9. The van der Waals surface area contributed by atoms with Gasteiger partial charge >= 0.3 is 5.97 Å². The zero-order chi connectivity index (χ0) is 27.4. The van der Waals surface area contributed by atoms with Crippen LogP contribution in [0.3, 0.4) is 0 Å². The number of aliphatic hydroxyl groups is 1. The van der Waals surface area contributed by atoms with Gasteiger partial charge in [0.1, 0.15) is 17.3 Å². The molecule has 1 aliphatic rings. The Balaban J connectivity index is 1.72. The van der Waals surface area contributed by atoms with Crippen LogP contribution in [0.1, 0.15) is 51.9 Å². The van der Waals surface area contributed by atoms with E-state index in [1.165, 1.54) is 18.9 Å². The first kappa shape index (κ1) is 30.9. The predicted octanol–water partition coefficient (Wildman–Crippen LogP) is 2.40. The van der Waals surface area contributed by atoms with E-state index in [-0.39, 0.29) is 43.1 Å². The standard InChI is InChI=1S/C26H40N2O8S/c1-6-17(15-21(30)34-5)24(32)37-14-13-27-20(29)11-12-28-23(31)22-26(2,3)16-35-25(36-22)18-7-9-19(33-4)10-8-18/h7-10,17,22,24-25,32H,6,11-16H2,1-5H3,(H,27,29)(H,28,31). The molecule has 1 aliphatic heterocycles. The second kappa shape index (κ2) is 15.2. The summed E-state index contributed by atoms with van der Waals surface area (Å²) in [6.07, 6.45) is -0.507. The molecule has 0 spiro atoms. The molecule has 0 bridgehead atoms. The van der Waals surface area contributed by atoms with Crippen molar-refractivity contribution in [2.24, 2.45) is 11.3 Å². The molecular formula is C26H40N2O8S. The predicted molar refractivity (Wildman–Crippen MR) is 140 cm³/mol. The molecule has 0 aromatic heterocycles. The molecule has 0 radical (unpaired) electrons. The van der Waals surface area contributed by atoms with Crippen LogP contribution >= 0.6 is 11.8 Å². The zero-order valence-electron chi connectivity index (χ0n) is 22.3. The molecule has 0 aliphatic carbocycles. The van der Waals surface area contributed by atoms with Crippen molar-refractivity contribution in [1.82, 2.24) is 10.6 Å². The average Bonchev–Trinajstić information content (AvgIpc) is 2.89. The Morgan fingerprint density at radius 2 is 1.86 bits per heavy atom. The lowest BCUT2D eigenvalue weighted by molar-refractivity contribution is -0.258. The number of hydrogen-bond acceptors (Lipinski definition) is 9. The molecule has 11 heteroatoms. The Bertz CT molecular complexity index is 880. The minimum Gasteiger partial charge on any atom is -0.497 e. The van der Waals surface area contributed by atoms with Crippen molar-refractivity contribution in [2.75, 3.05) is 39.7 Å². The number of nitrogens with one attached hydrogen (secondary N) is 2. The number of carbonyl (C=O) groups excluding carboxylic acids is 3. The number of carbonyl (C=O) groups is 3. The lowest BCUT2D eigenvalue weighted by Gasteiger charge is -2.41. The van der Waals surface area contributed by atoms with Crippen LogP contribution in [0.25, 0.3) is 0 Å². The lowest BCUT2D eigenvalue weighted by atomic mass is 9.85. The van der Waals surface area contributed by atoms with Gasteiger partial charge in [-0.15, -0.1) is 11.8 Å². The van der Waals surface area contributed by atoms with Gasteiger partial charge in [0.2, 0.25) is 11.8 Å². The average molecular weight is 541 g/mol. The third-order valence-electron chi connectivity index (χ3n) is 6.15. The number of thioether (sulfide) groups is 1. The molecule has 4 atom stereocenters. The summed E-state index contributed by atoms with van der Waals surface area (Å²) in [6, 6.07) is 7.28. The Kier molecular flexibility index (Phi) is 12.7. The Morgan fingerprint density at radius 1 is 1.16 bits per heavy atom. The first-order chi connectivity index (χ1) is 17.6. The SMILES string of the molecule is CCC(CC(=O)OC)C(O)SCCNC(=O)CCNC(=O)C1OC(c2ccc(OC)cc2)OCC1(C)C. The van der Waals surface area contributed by atoms with Crippen LogP contribution in [0.2, 0.25) is 0 Å². The summed E-state index contributed by atoms with van der Waals surface area (Å²) >= 11 is 1.28. The first-order valence-corrected chi connectivity index (χ1v) is 13.5. The van der Waals surface area contributed by atoms with Crippen molar-refractivity contribution in [2.45, 2.75) is 57.9 Å². The summed E-state index contributed by atoms with van der Waals surface area (Å²) in [5.74, 6) is 0.144. The van der Waals surface area contributed by atoms with Gasteiger partial charge in [-0.2, -0.15) is 0 Å². The highest BCUT2D eigenvalue weighted by Crippen LogP contribution is 2.37. The Hall–Kier alpha value is -2.34. The summed E-state index contributed by atoms with van der Waals surface area (Å²) < 4.78 is 21.7. The van der Waals surface area contributed by atoms with Crippen molar-refractivity contribution in [3.63, 3.8) is 0 Å². The number of ether oxygens (including phenoxy) is 4.